The van der Waals surface area contributed by atoms with Crippen LogP contribution in [0.15, 0.2) is 47.0 Å². The summed E-state index contributed by atoms with van der Waals surface area (Å²) in [4.78, 5) is 14.8. The Morgan fingerprint density at radius 1 is 1.08 bits per heavy atom. The van der Waals surface area contributed by atoms with Gasteiger partial charge in [0, 0.05) is 17.7 Å². The average molecular weight is 355 g/mol. The van der Waals surface area contributed by atoms with Crippen molar-refractivity contribution in [3.8, 4) is 22.9 Å². The Labute approximate surface area is 149 Å². The minimum absolute atomic E-state index is 0.0393. The number of hydrogen-bond acceptors (Lipinski definition) is 7. The lowest BCUT2D eigenvalue weighted by atomic mass is 10.0. The van der Waals surface area contributed by atoms with E-state index in [9.17, 15) is 10.1 Å². The molecule has 0 saturated carbocycles. The van der Waals surface area contributed by atoms with Gasteiger partial charge in [-0.1, -0.05) is 17.3 Å². The number of ether oxygens (including phenoxy) is 2. The molecule has 1 aromatic heterocycles. The van der Waals surface area contributed by atoms with E-state index < -0.39 is 4.92 Å². The van der Waals surface area contributed by atoms with Gasteiger partial charge in [-0.2, -0.15) is 4.98 Å². The predicted octanol–water partition coefficient (Wildman–Crippen LogP) is 3.81. The highest BCUT2D eigenvalue weighted by atomic mass is 16.6. The van der Waals surface area contributed by atoms with Gasteiger partial charge in [-0.05, 0) is 30.7 Å². The van der Waals surface area contributed by atoms with Crippen LogP contribution in [0.3, 0.4) is 0 Å². The maximum absolute atomic E-state index is 10.8. The first-order valence-electron chi connectivity index (χ1n) is 7.84. The number of rotatable bonds is 6. The van der Waals surface area contributed by atoms with E-state index in [4.69, 9.17) is 14.0 Å². The zero-order valence-electron chi connectivity index (χ0n) is 14.5. The second kappa shape index (κ2) is 7.22. The van der Waals surface area contributed by atoms with E-state index in [-0.39, 0.29) is 11.6 Å². The average Bonchev–Trinajstić information content (AvgIpc) is 3.17. The van der Waals surface area contributed by atoms with Crippen LogP contribution in [0.1, 0.15) is 24.3 Å². The molecular formula is C18H17N3O5. The first-order valence-corrected chi connectivity index (χ1v) is 7.84. The maximum atomic E-state index is 10.8. The van der Waals surface area contributed by atoms with Crippen molar-refractivity contribution in [1.29, 1.82) is 0 Å². The molecule has 134 valence electrons. The molecule has 1 unspecified atom stereocenters. The first-order chi connectivity index (χ1) is 12.5. The molecule has 0 saturated heterocycles. The van der Waals surface area contributed by atoms with Crippen molar-refractivity contribution in [1.82, 2.24) is 10.1 Å². The number of hydrogen-bond donors (Lipinski definition) is 0. The number of nitrogens with zero attached hydrogens (tertiary/aromatic N) is 3. The summed E-state index contributed by atoms with van der Waals surface area (Å²) in [5.41, 5.74) is 1.61. The Morgan fingerprint density at radius 2 is 1.77 bits per heavy atom. The number of benzene rings is 2. The van der Waals surface area contributed by atoms with Crippen LogP contribution in [0.5, 0.6) is 11.5 Å². The van der Waals surface area contributed by atoms with Gasteiger partial charge in [-0.15, -0.1) is 0 Å². The topological polar surface area (TPSA) is 101 Å². The Hall–Kier alpha value is -3.42. The molecule has 3 aromatic rings. The molecule has 0 aliphatic heterocycles. The smallest absolute Gasteiger partial charge is 0.269 e. The fraction of sp³-hybridized carbons (Fsp3) is 0.222. The van der Waals surface area contributed by atoms with E-state index in [1.165, 1.54) is 12.1 Å². The number of aromatic nitrogens is 2. The second-order valence-electron chi connectivity index (χ2n) is 5.60. The highest BCUT2D eigenvalue weighted by molar-refractivity contribution is 5.60. The van der Waals surface area contributed by atoms with Crippen LogP contribution in [0, 0.1) is 10.1 Å². The molecule has 3 rings (SSSR count). The van der Waals surface area contributed by atoms with Gasteiger partial charge < -0.3 is 14.0 Å². The third kappa shape index (κ3) is 3.34. The second-order valence-corrected chi connectivity index (χ2v) is 5.60. The van der Waals surface area contributed by atoms with E-state index in [0.29, 0.717) is 23.2 Å². The van der Waals surface area contributed by atoms with Crippen LogP contribution < -0.4 is 9.47 Å². The van der Waals surface area contributed by atoms with Crippen molar-refractivity contribution < 1.29 is 18.9 Å². The van der Waals surface area contributed by atoms with Gasteiger partial charge >= 0.3 is 0 Å². The normalized spacial score (nSPS) is 11.8. The van der Waals surface area contributed by atoms with E-state index in [1.807, 2.05) is 13.0 Å². The molecule has 8 heteroatoms. The highest BCUT2D eigenvalue weighted by Gasteiger charge is 2.19. The lowest BCUT2D eigenvalue weighted by Crippen LogP contribution is -1.97. The Morgan fingerprint density at radius 3 is 2.38 bits per heavy atom. The SMILES string of the molecule is COc1ccc(-c2noc(C(C)c3ccc([N+](=O)[O-])cc3)n2)cc1OC. The third-order valence-corrected chi connectivity index (χ3v) is 4.06. The summed E-state index contributed by atoms with van der Waals surface area (Å²) in [6.07, 6.45) is 0. The summed E-state index contributed by atoms with van der Waals surface area (Å²) in [6, 6.07) is 11.6. The summed E-state index contributed by atoms with van der Waals surface area (Å²) in [7, 11) is 3.12. The summed E-state index contributed by atoms with van der Waals surface area (Å²) >= 11 is 0. The molecule has 0 amide bonds. The molecule has 2 aromatic carbocycles. The van der Waals surface area contributed by atoms with Crippen molar-refractivity contribution in [3.63, 3.8) is 0 Å². The lowest BCUT2D eigenvalue weighted by molar-refractivity contribution is -0.384. The molecule has 1 heterocycles. The van der Waals surface area contributed by atoms with E-state index >= 15 is 0 Å². The molecule has 0 spiro atoms. The molecular weight excluding hydrogens is 338 g/mol. The monoisotopic (exact) mass is 355 g/mol. The van der Waals surface area contributed by atoms with Gasteiger partial charge in [0.15, 0.2) is 11.5 Å². The van der Waals surface area contributed by atoms with Gasteiger partial charge in [0.2, 0.25) is 11.7 Å². The Bertz CT molecular complexity index is 921. The largest absolute Gasteiger partial charge is 0.493 e. The van der Waals surface area contributed by atoms with Crippen molar-refractivity contribution in [3.05, 3.63) is 64.0 Å². The van der Waals surface area contributed by atoms with Crippen molar-refractivity contribution >= 4 is 5.69 Å². The fourth-order valence-electron chi connectivity index (χ4n) is 2.53. The zero-order valence-corrected chi connectivity index (χ0v) is 14.5. The molecule has 0 aliphatic rings. The Balaban J connectivity index is 1.86. The molecule has 26 heavy (non-hydrogen) atoms. The summed E-state index contributed by atoms with van der Waals surface area (Å²) in [6.45, 7) is 1.90. The van der Waals surface area contributed by atoms with Gasteiger partial charge in [0.05, 0.1) is 25.1 Å². The maximum Gasteiger partial charge on any atom is 0.269 e. The van der Waals surface area contributed by atoms with E-state index in [2.05, 4.69) is 10.1 Å². The summed E-state index contributed by atoms with van der Waals surface area (Å²) in [5.74, 6) is 1.83. The Kier molecular flexibility index (Phi) is 4.83. The summed E-state index contributed by atoms with van der Waals surface area (Å²) < 4.78 is 15.9. The van der Waals surface area contributed by atoms with E-state index in [1.54, 1.807) is 38.5 Å². The number of nitro groups is 1. The zero-order chi connectivity index (χ0) is 18.7. The molecule has 0 N–H and O–H groups in total. The van der Waals surface area contributed by atoms with E-state index in [0.717, 1.165) is 11.1 Å². The van der Waals surface area contributed by atoms with Crippen molar-refractivity contribution in [2.75, 3.05) is 14.2 Å². The fourth-order valence-corrected chi connectivity index (χ4v) is 2.53. The molecule has 1 atom stereocenters. The quantitative estimate of drug-likeness (QED) is 0.489. The molecule has 0 fully saturated rings. The van der Waals surface area contributed by atoms with Gasteiger partial charge in [0.1, 0.15) is 0 Å². The van der Waals surface area contributed by atoms with Crippen molar-refractivity contribution in [2.45, 2.75) is 12.8 Å². The predicted molar refractivity (Wildman–Crippen MR) is 93.5 cm³/mol. The van der Waals surface area contributed by atoms with Gasteiger partial charge in [-0.25, -0.2) is 0 Å². The van der Waals surface area contributed by atoms with Crippen LogP contribution in [-0.4, -0.2) is 29.3 Å². The molecule has 0 aliphatic carbocycles. The first kappa shape index (κ1) is 17.4. The minimum atomic E-state index is -0.434. The van der Waals surface area contributed by atoms with Gasteiger partial charge in [-0.3, -0.25) is 10.1 Å². The third-order valence-electron chi connectivity index (χ3n) is 4.06. The molecule has 8 nitrogen and oxygen atoms in total. The van der Waals surface area contributed by atoms with Crippen molar-refractivity contribution in [2.24, 2.45) is 0 Å². The number of nitro benzene ring substituents is 1. The van der Waals surface area contributed by atoms with Crippen LogP contribution >= 0.6 is 0 Å². The standard InChI is InChI=1S/C18H17N3O5/c1-11(12-4-7-14(8-5-12)21(22)23)18-19-17(20-26-18)13-6-9-15(24-2)16(10-13)25-3/h4-11H,1-3H3. The van der Waals surface area contributed by atoms with Gasteiger partial charge in [0.25, 0.3) is 5.69 Å². The highest BCUT2D eigenvalue weighted by Crippen LogP contribution is 2.32. The van der Waals surface area contributed by atoms with Crippen LogP contribution in [0.2, 0.25) is 0 Å². The van der Waals surface area contributed by atoms with Crippen LogP contribution in [0.4, 0.5) is 5.69 Å². The van der Waals surface area contributed by atoms with Crippen LogP contribution in [-0.2, 0) is 0 Å². The number of non-ortho nitro benzene ring substituents is 1. The molecule has 0 bridgehead atoms. The van der Waals surface area contributed by atoms with Crippen LogP contribution in [0.25, 0.3) is 11.4 Å². The summed E-state index contributed by atoms with van der Waals surface area (Å²) in [5, 5.41) is 14.8. The lowest BCUT2D eigenvalue weighted by Gasteiger charge is -2.07. The molecule has 0 radical (unpaired) electrons. The number of methoxy groups -OCH3 is 2. The minimum Gasteiger partial charge on any atom is -0.493 e.